The predicted molar refractivity (Wildman–Crippen MR) is 79.2 cm³/mol. The van der Waals surface area contributed by atoms with Crippen molar-refractivity contribution in [2.24, 2.45) is 0 Å². The number of rotatable bonds is 5. The van der Waals surface area contributed by atoms with Crippen LogP contribution in [0.2, 0.25) is 0 Å². The summed E-state index contributed by atoms with van der Waals surface area (Å²) < 4.78 is 25.7. The third-order valence-corrected chi connectivity index (χ3v) is 4.92. The molecule has 0 spiro atoms. The number of nitrogens with zero attached hydrogens (tertiary/aromatic N) is 2. The number of hydrogen-bond donors (Lipinski definition) is 0. The maximum Gasteiger partial charge on any atom is 0.180 e. The largest absolute Gasteiger partial charge is 0.245 e. The van der Waals surface area contributed by atoms with Crippen LogP contribution >= 0.6 is 0 Å². The van der Waals surface area contributed by atoms with Crippen LogP contribution in [0.25, 0.3) is 5.70 Å². The zero-order valence-corrected chi connectivity index (χ0v) is 12.6. The van der Waals surface area contributed by atoms with Crippen molar-refractivity contribution in [1.29, 1.82) is 0 Å². The smallest absolute Gasteiger partial charge is 0.180 e. The molecule has 1 aromatic heterocycles. The molecule has 0 saturated carbocycles. The molecule has 1 aromatic rings. The van der Waals surface area contributed by atoms with Gasteiger partial charge in [0.2, 0.25) is 0 Å². The normalized spacial score (nSPS) is 13.9. The van der Waals surface area contributed by atoms with Gasteiger partial charge in [0.15, 0.2) is 9.84 Å². The van der Waals surface area contributed by atoms with Crippen molar-refractivity contribution in [3.63, 3.8) is 0 Å². The zero-order valence-electron chi connectivity index (χ0n) is 11.8. The molecule has 0 radical (unpaired) electrons. The molecule has 1 heterocycles. The predicted octanol–water partition coefficient (Wildman–Crippen LogP) is 2.95. The molecule has 0 aliphatic heterocycles. The van der Waals surface area contributed by atoms with Crippen LogP contribution in [0.5, 0.6) is 0 Å². The molecule has 19 heavy (non-hydrogen) atoms. The Hall–Kier alpha value is -1.62. The maximum absolute atomic E-state index is 12.0. The lowest BCUT2D eigenvalue weighted by atomic mass is 10.4. The number of aryl methyl sites for hydroxylation is 1. The van der Waals surface area contributed by atoms with Gasteiger partial charge < -0.3 is 0 Å². The van der Waals surface area contributed by atoms with Gasteiger partial charge in [0.05, 0.1) is 15.8 Å². The van der Waals surface area contributed by atoms with E-state index in [-0.39, 0.29) is 4.91 Å². The van der Waals surface area contributed by atoms with E-state index in [0.717, 1.165) is 11.4 Å². The highest BCUT2D eigenvalue weighted by atomic mass is 32.2. The van der Waals surface area contributed by atoms with E-state index < -0.39 is 15.1 Å². The summed E-state index contributed by atoms with van der Waals surface area (Å²) in [5.41, 5.74) is 1.75. The van der Waals surface area contributed by atoms with Crippen molar-refractivity contribution < 1.29 is 8.42 Å². The van der Waals surface area contributed by atoms with Crippen LogP contribution in [0.1, 0.15) is 26.5 Å². The molecule has 0 N–H and O–H groups in total. The molecule has 0 aromatic carbocycles. The topological polar surface area (TPSA) is 52.0 Å². The fourth-order valence-corrected chi connectivity index (χ4v) is 2.48. The van der Waals surface area contributed by atoms with Gasteiger partial charge in [0.25, 0.3) is 0 Å². The van der Waals surface area contributed by atoms with Crippen LogP contribution in [0.3, 0.4) is 0 Å². The van der Waals surface area contributed by atoms with Crippen LogP contribution < -0.4 is 0 Å². The lowest BCUT2D eigenvalue weighted by Crippen LogP contribution is -2.14. The summed E-state index contributed by atoms with van der Waals surface area (Å²) in [4.78, 5) is 0.228. The Bertz CT molecular complexity index is 620. The van der Waals surface area contributed by atoms with Crippen molar-refractivity contribution in [1.82, 2.24) is 9.78 Å². The van der Waals surface area contributed by atoms with E-state index in [2.05, 4.69) is 11.7 Å². The van der Waals surface area contributed by atoms with Crippen LogP contribution in [-0.4, -0.2) is 23.4 Å². The molecule has 0 fully saturated rings. The Morgan fingerprint density at radius 3 is 2.47 bits per heavy atom. The summed E-state index contributed by atoms with van der Waals surface area (Å²) in [6.07, 6.45) is 6.49. The van der Waals surface area contributed by atoms with Crippen molar-refractivity contribution in [3.05, 3.63) is 47.7 Å². The summed E-state index contributed by atoms with van der Waals surface area (Å²) in [6, 6.07) is 1.89. The zero-order chi connectivity index (χ0) is 14.6. The molecule has 1 rings (SSSR count). The van der Waals surface area contributed by atoms with Crippen molar-refractivity contribution in [2.45, 2.75) is 32.9 Å². The first kappa shape index (κ1) is 15.4. The molecule has 0 bridgehead atoms. The third-order valence-electron chi connectivity index (χ3n) is 2.72. The fraction of sp³-hybridized carbons (Fsp3) is 0.357. The van der Waals surface area contributed by atoms with E-state index in [4.69, 9.17) is 0 Å². The summed E-state index contributed by atoms with van der Waals surface area (Å²) in [5.74, 6) is 0. The van der Waals surface area contributed by atoms with Gasteiger partial charge in [-0.2, -0.15) is 5.10 Å². The van der Waals surface area contributed by atoms with Crippen LogP contribution in [-0.2, 0) is 9.84 Å². The van der Waals surface area contributed by atoms with Gasteiger partial charge in [-0.05, 0) is 45.9 Å². The molecule has 0 aliphatic rings. The van der Waals surface area contributed by atoms with Gasteiger partial charge in [-0.3, -0.25) is 0 Å². The average molecular weight is 280 g/mol. The number of allylic oxidation sites excluding steroid dienone is 4. The van der Waals surface area contributed by atoms with Crippen molar-refractivity contribution >= 4 is 15.5 Å². The first-order valence-corrected chi connectivity index (χ1v) is 7.61. The molecule has 0 unspecified atom stereocenters. The highest BCUT2D eigenvalue weighted by molar-refractivity contribution is 7.96. The van der Waals surface area contributed by atoms with E-state index in [0.29, 0.717) is 0 Å². The third kappa shape index (κ3) is 3.67. The van der Waals surface area contributed by atoms with E-state index in [1.165, 1.54) is 6.08 Å². The van der Waals surface area contributed by atoms with E-state index in [1.807, 2.05) is 26.1 Å². The Morgan fingerprint density at radius 2 is 2.05 bits per heavy atom. The van der Waals surface area contributed by atoms with Gasteiger partial charge >= 0.3 is 0 Å². The summed E-state index contributed by atoms with van der Waals surface area (Å²) >= 11 is 0. The Labute approximate surface area is 115 Å². The van der Waals surface area contributed by atoms with Crippen molar-refractivity contribution in [3.8, 4) is 0 Å². The van der Waals surface area contributed by atoms with Crippen LogP contribution in [0.15, 0.2) is 42.0 Å². The summed E-state index contributed by atoms with van der Waals surface area (Å²) in [6.45, 7) is 10.6. The Balaban J connectivity index is 3.11. The quantitative estimate of drug-likeness (QED) is 0.779. The highest BCUT2D eigenvalue weighted by Crippen LogP contribution is 2.15. The lowest BCUT2D eigenvalue weighted by molar-refractivity contribution is 0.594. The van der Waals surface area contributed by atoms with Gasteiger partial charge in [-0.15, -0.1) is 0 Å². The summed E-state index contributed by atoms with van der Waals surface area (Å²) in [5, 5.41) is 3.79. The molecule has 0 aliphatic carbocycles. The van der Waals surface area contributed by atoms with Crippen LogP contribution in [0, 0.1) is 6.92 Å². The van der Waals surface area contributed by atoms with Crippen molar-refractivity contribution in [2.75, 3.05) is 0 Å². The fourth-order valence-electron chi connectivity index (χ4n) is 1.44. The van der Waals surface area contributed by atoms with Gasteiger partial charge in [0, 0.05) is 11.9 Å². The molecular formula is C14H20N2O2S. The highest BCUT2D eigenvalue weighted by Gasteiger charge is 2.18. The molecule has 0 amide bonds. The average Bonchev–Trinajstić information content (AvgIpc) is 2.76. The molecule has 0 saturated heterocycles. The monoisotopic (exact) mass is 280 g/mol. The number of aromatic nitrogens is 2. The first-order chi connectivity index (χ1) is 8.78. The lowest BCUT2D eigenvalue weighted by Gasteiger charge is -2.07. The second-order valence-electron chi connectivity index (χ2n) is 4.58. The standard InChI is InChI=1S/C14H20N2O2S/c1-6-14(19(17,18)11(2)3)8-7-13(5)16-10-9-12(4)15-16/h6-11H,1H2,2-5H3/b13-7+,14-8+. The molecule has 0 atom stereocenters. The van der Waals surface area contributed by atoms with Crippen LogP contribution in [0.4, 0.5) is 0 Å². The number of hydrogen-bond acceptors (Lipinski definition) is 3. The second kappa shape index (κ2) is 6.02. The number of sulfone groups is 1. The molecule has 4 nitrogen and oxygen atoms in total. The summed E-state index contributed by atoms with van der Waals surface area (Å²) in [7, 11) is -3.29. The first-order valence-electron chi connectivity index (χ1n) is 6.06. The van der Waals surface area contributed by atoms with E-state index >= 15 is 0 Å². The Kier molecular flexibility index (Phi) is 4.89. The maximum atomic E-state index is 12.0. The van der Waals surface area contributed by atoms with Gasteiger partial charge in [0.1, 0.15) is 0 Å². The molecule has 104 valence electrons. The molecule has 5 heteroatoms. The molecular weight excluding hydrogens is 260 g/mol. The Morgan fingerprint density at radius 1 is 1.42 bits per heavy atom. The van der Waals surface area contributed by atoms with Gasteiger partial charge in [-0.1, -0.05) is 12.7 Å². The van der Waals surface area contributed by atoms with E-state index in [9.17, 15) is 8.42 Å². The van der Waals surface area contributed by atoms with Gasteiger partial charge in [-0.25, -0.2) is 13.1 Å². The SMILES string of the molecule is C=C/C(=C\C=C(/C)n1ccc(C)n1)S(=O)(=O)C(C)C. The second-order valence-corrected chi connectivity index (χ2v) is 7.08. The van der Waals surface area contributed by atoms with E-state index in [1.54, 1.807) is 30.7 Å². The minimum absolute atomic E-state index is 0.228. The minimum Gasteiger partial charge on any atom is -0.245 e. The minimum atomic E-state index is -3.29.